The number of hydrogen-bond donors (Lipinski definition) is 1. The van der Waals surface area contributed by atoms with Crippen molar-refractivity contribution in [3.8, 4) is 11.5 Å². The van der Waals surface area contributed by atoms with Crippen LogP contribution < -0.4 is 14.8 Å². The molecule has 0 aromatic heterocycles. The Bertz CT molecular complexity index is 1010. The normalized spacial score (nSPS) is 20.8. The molecule has 4 heteroatoms. The van der Waals surface area contributed by atoms with E-state index in [9.17, 15) is 4.79 Å². The van der Waals surface area contributed by atoms with Gasteiger partial charge in [-0.15, -0.1) is 0 Å². The van der Waals surface area contributed by atoms with Crippen LogP contribution >= 0.6 is 0 Å². The average molecular weight is 399 g/mol. The molecule has 3 aliphatic rings. The van der Waals surface area contributed by atoms with E-state index in [0.717, 1.165) is 12.2 Å². The van der Waals surface area contributed by atoms with Crippen molar-refractivity contribution in [2.75, 3.05) is 20.3 Å². The summed E-state index contributed by atoms with van der Waals surface area (Å²) in [6, 6.07) is 24.8. The molecule has 0 unspecified atom stereocenters. The number of fused-ring (bicyclic) bond motifs is 1. The summed E-state index contributed by atoms with van der Waals surface area (Å²) in [7, 11) is 1.62. The molecular weight excluding hydrogens is 374 g/mol. The standard InChI is InChI=1S/C26H25NO3/c1-29-18-10-12-19(13-11-18)30-16-25(28)27-15-17-14-24-20-6-2-4-8-22(20)26(17)23-9-5-3-7-21(23)24/h2-13,17,24,26H,14-16H2,1H3,(H,27,28)/t17-,24?,26?/m0/s1. The van der Waals surface area contributed by atoms with Crippen molar-refractivity contribution in [1.82, 2.24) is 5.32 Å². The molecule has 4 nitrogen and oxygen atoms in total. The van der Waals surface area contributed by atoms with E-state index in [2.05, 4.69) is 53.8 Å². The lowest BCUT2D eigenvalue weighted by molar-refractivity contribution is -0.123. The number of carbonyl (C=O) groups is 1. The Morgan fingerprint density at radius 2 is 1.43 bits per heavy atom. The van der Waals surface area contributed by atoms with Gasteiger partial charge in [-0.2, -0.15) is 0 Å². The van der Waals surface area contributed by atoms with Crippen LogP contribution in [0.5, 0.6) is 11.5 Å². The first-order valence-electron chi connectivity index (χ1n) is 10.5. The van der Waals surface area contributed by atoms with Crippen LogP contribution in [0.3, 0.4) is 0 Å². The van der Waals surface area contributed by atoms with E-state index in [-0.39, 0.29) is 12.5 Å². The Kier molecular flexibility index (Phi) is 4.91. The highest BCUT2D eigenvalue weighted by molar-refractivity contribution is 5.77. The fraction of sp³-hybridized carbons (Fsp3) is 0.269. The van der Waals surface area contributed by atoms with Crippen LogP contribution in [-0.2, 0) is 4.79 Å². The molecule has 0 radical (unpaired) electrons. The van der Waals surface area contributed by atoms with Crippen molar-refractivity contribution >= 4 is 5.91 Å². The van der Waals surface area contributed by atoms with Crippen molar-refractivity contribution in [2.24, 2.45) is 5.92 Å². The van der Waals surface area contributed by atoms with Gasteiger partial charge in [-0.05, 0) is 58.9 Å². The van der Waals surface area contributed by atoms with Gasteiger partial charge in [0.1, 0.15) is 11.5 Å². The molecule has 3 aliphatic carbocycles. The first-order valence-corrected chi connectivity index (χ1v) is 10.5. The van der Waals surface area contributed by atoms with Crippen LogP contribution in [0.2, 0.25) is 0 Å². The number of methoxy groups -OCH3 is 1. The van der Waals surface area contributed by atoms with E-state index in [1.54, 1.807) is 19.2 Å². The number of benzene rings is 3. The minimum absolute atomic E-state index is 0.0142. The summed E-state index contributed by atoms with van der Waals surface area (Å²) < 4.78 is 10.8. The molecule has 6 rings (SSSR count). The predicted molar refractivity (Wildman–Crippen MR) is 116 cm³/mol. The van der Waals surface area contributed by atoms with Crippen LogP contribution in [0.25, 0.3) is 0 Å². The molecule has 0 spiro atoms. The Balaban J connectivity index is 1.25. The third-order valence-corrected chi connectivity index (χ3v) is 6.41. The van der Waals surface area contributed by atoms with E-state index in [0.29, 0.717) is 30.0 Å². The zero-order chi connectivity index (χ0) is 20.5. The number of carbonyl (C=O) groups excluding carboxylic acids is 1. The maximum absolute atomic E-state index is 12.4. The molecule has 0 saturated carbocycles. The van der Waals surface area contributed by atoms with Crippen LogP contribution in [0, 0.1) is 5.92 Å². The van der Waals surface area contributed by atoms with E-state index in [1.807, 2.05) is 12.1 Å². The first kappa shape index (κ1) is 18.7. The SMILES string of the molecule is COc1ccc(OCC(=O)NC[C@@H]2CC3c4ccccc4C2c2ccccc23)cc1. The van der Waals surface area contributed by atoms with Crippen LogP contribution in [0.4, 0.5) is 0 Å². The molecule has 1 amide bonds. The van der Waals surface area contributed by atoms with E-state index < -0.39 is 0 Å². The monoisotopic (exact) mass is 399 g/mol. The van der Waals surface area contributed by atoms with Gasteiger partial charge in [0.15, 0.2) is 6.61 Å². The van der Waals surface area contributed by atoms with E-state index in [4.69, 9.17) is 9.47 Å². The molecule has 1 atom stereocenters. The highest BCUT2D eigenvalue weighted by atomic mass is 16.5. The summed E-state index contributed by atoms with van der Waals surface area (Å²) in [5.41, 5.74) is 5.74. The minimum atomic E-state index is -0.0890. The van der Waals surface area contributed by atoms with E-state index in [1.165, 1.54) is 22.3 Å². The number of ether oxygens (including phenoxy) is 2. The summed E-state index contributed by atoms with van der Waals surface area (Å²) in [6.45, 7) is 0.676. The molecule has 0 aliphatic heterocycles. The molecule has 0 saturated heterocycles. The Morgan fingerprint density at radius 3 is 2.03 bits per heavy atom. The van der Waals surface area contributed by atoms with Gasteiger partial charge in [-0.3, -0.25) is 4.79 Å². The summed E-state index contributed by atoms with van der Waals surface area (Å²) in [6.07, 6.45) is 1.07. The maximum Gasteiger partial charge on any atom is 0.257 e. The second-order valence-corrected chi connectivity index (χ2v) is 8.05. The largest absolute Gasteiger partial charge is 0.497 e. The van der Waals surface area contributed by atoms with E-state index >= 15 is 0 Å². The summed E-state index contributed by atoms with van der Waals surface area (Å²) >= 11 is 0. The molecule has 30 heavy (non-hydrogen) atoms. The lowest BCUT2D eigenvalue weighted by atomic mass is 9.59. The van der Waals surface area contributed by atoms with Gasteiger partial charge in [-0.1, -0.05) is 48.5 Å². The zero-order valence-electron chi connectivity index (χ0n) is 17.0. The average Bonchev–Trinajstić information content (AvgIpc) is 2.82. The van der Waals surface area contributed by atoms with Gasteiger partial charge < -0.3 is 14.8 Å². The van der Waals surface area contributed by atoms with Crippen LogP contribution in [-0.4, -0.2) is 26.2 Å². The van der Waals surface area contributed by atoms with Gasteiger partial charge >= 0.3 is 0 Å². The fourth-order valence-corrected chi connectivity index (χ4v) is 5.08. The van der Waals surface area contributed by atoms with Gasteiger partial charge in [-0.25, -0.2) is 0 Å². The summed E-state index contributed by atoms with van der Waals surface area (Å²) in [5, 5.41) is 3.10. The molecule has 3 aromatic carbocycles. The number of hydrogen-bond acceptors (Lipinski definition) is 3. The van der Waals surface area contributed by atoms with Gasteiger partial charge in [0, 0.05) is 18.4 Å². The topological polar surface area (TPSA) is 47.6 Å². The highest BCUT2D eigenvalue weighted by Gasteiger charge is 2.42. The fourth-order valence-electron chi connectivity index (χ4n) is 5.08. The number of rotatable bonds is 6. The number of amides is 1. The summed E-state index contributed by atoms with van der Waals surface area (Å²) in [4.78, 5) is 12.4. The molecule has 1 N–H and O–H groups in total. The van der Waals surface area contributed by atoms with Crippen molar-refractivity contribution in [2.45, 2.75) is 18.3 Å². The summed E-state index contributed by atoms with van der Waals surface area (Å²) in [5.74, 6) is 2.48. The lowest BCUT2D eigenvalue weighted by Gasteiger charge is -2.45. The minimum Gasteiger partial charge on any atom is -0.497 e. The lowest BCUT2D eigenvalue weighted by Crippen LogP contribution is -2.40. The molecule has 0 heterocycles. The molecular formula is C26H25NO3. The third kappa shape index (κ3) is 3.32. The van der Waals surface area contributed by atoms with Gasteiger partial charge in [0.2, 0.25) is 0 Å². The highest BCUT2D eigenvalue weighted by Crippen LogP contribution is 2.55. The predicted octanol–water partition coefficient (Wildman–Crippen LogP) is 4.49. The Hall–Kier alpha value is -3.27. The van der Waals surface area contributed by atoms with Crippen LogP contribution in [0.1, 0.15) is 40.5 Å². The molecule has 3 aromatic rings. The molecule has 0 fully saturated rings. The first-order chi connectivity index (χ1) is 14.7. The third-order valence-electron chi connectivity index (χ3n) is 6.41. The second kappa shape index (κ2) is 7.86. The van der Waals surface area contributed by atoms with Crippen molar-refractivity contribution in [3.05, 3.63) is 95.1 Å². The quantitative estimate of drug-likeness (QED) is 0.664. The Labute approximate surface area is 176 Å². The molecule has 152 valence electrons. The number of nitrogens with one attached hydrogen (secondary N) is 1. The molecule has 2 bridgehead atoms. The van der Waals surface area contributed by atoms with Crippen molar-refractivity contribution in [1.29, 1.82) is 0 Å². The maximum atomic E-state index is 12.4. The van der Waals surface area contributed by atoms with Crippen molar-refractivity contribution in [3.63, 3.8) is 0 Å². The van der Waals surface area contributed by atoms with Crippen molar-refractivity contribution < 1.29 is 14.3 Å². The van der Waals surface area contributed by atoms with Crippen LogP contribution in [0.15, 0.2) is 72.8 Å². The van der Waals surface area contributed by atoms with Gasteiger partial charge in [0.25, 0.3) is 5.91 Å². The smallest absolute Gasteiger partial charge is 0.257 e. The second-order valence-electron chi connectivity index (χ2n) is 8.05. The Morgan fingerprint density at radius 1 is 0.867 bits per heavy atom. The van der Waals surface area contributed by atoms with Gasteiger partial charge in [0.05, 0.1) is 7.11 Å². The zero-order valence-corrected chi connectivity index (χ0v) is 17.0.